The first-order valence-electron chi connectivity index (χ1n) is 8.54. The highest BCUT2D eigenvalue weighted by Gasteiger charge is 2.29. The normalized spacial score (nSPS) is 13.6. The molecule has 1 aliphatic rings. The minimum Gasteiger partial charge on any atom is -0.497 e. The number of rotatable bonds is 4. The summed E-state index contributed by atoms with van der Waals surface area (Å²) in [5, 5.41) is 1.31. The van der Waals surface area contributed by atoms with Crippen molar-refractivity contribution in [1.29, 1.82) is 0 Å². The highest BCUT2D eigenvalue weighted by molar-refractivity contribution is 6.89. The van der Waals surface area contributed by atoms with Gasteiger partial charge in [-0.2, -0.15) is 4.58 Å². The van der Waals surface area contributed by atoms with Gasteiger partial charge in [0.1, 0.15) is 11.5 Å². The molecule has 132 valence electrons. The van der Waals surface area contributed by atoms with Crippen molar-refractivity contribution >= 4 is 30.8 Å². The molecule has 5 heteroatoms. The third kappa shape index (κ3) is 3.56. The van der Waals surface area contributed by atoms with E-state index in [2.05, 4.69) is 71.7 Å². The molecule has 1 aliphatic heterocycles. The molecule has 2 aromatic carbocycles. The molecular formula is C20H27N2O2Si+. The molecule has 0 aromatic heterocycles. The van der Waals surface area contributed by atoms with Crippen molar-refractivity contribution in [2.24, 2.45) is 0 Å². The lowest BCUT2D eigenvalue weighted by Crippen LogP contribution is -2.40. The standard InChI is InChI=1S/C20H27N2O2Si/c1-21(2)16-7-9-17(10-8-16)22-13-15-11-18(23-3)12-19(25(4,5)6)20(15)24-14-22/h7-13H,14H2,1-6H3/q+1. The number of benzene rings is 2. The van der Waals surface area contributed by atoms with Crippen molar-refractivity contribution in [2.45, 2.75) is 19.6 Å². The Morgan fingerprint density at radius 2 is 1.76 bits per heavy atom. The summed E-state index contributed by atoms with van der Waals surface area (Å²) in [5.74, 6) is 1.90. The third-order valence-corrected chi connectivity index (χ3v) is 6.46. The molecule has 0 saturated heterocycles. The van der Waals surface area contributed by atoms with Gasteiger partial charge < -0.3 is 14.4 Å². The van der Waals surface area contributed by atoms with Gasteiger partial charge in [-0.25, -0.2) is 0 Å². The molecule has 0 unspecified atom stereocenters. The number of fused-ring (bicyclic) bond motifs is 1. The molecule has 25 heavy (non-hydrogen) atoms. The van der Waals surface area contributed by atoms with Gasteiger partial charge in [0, 0.05) is 31.9 Å². The molecule has 0 bridgehead atoms. The minimum atomic E-state index is -1.53. The number of nitrogens with zero attached hydrogens (tertiary/aromatic N) is 2. The van der Waals surface area contributed by atoms with Crippen molar-refractivity contribution < 1.29 is 14.0 Å². The predicted octanol–water partition coefficient (Wildman–Crippen LogP) is 3.42. The maximum Gasteiger partial charge on any atom is 0.292 e. The van der Waals surface area contributed by atoms with Gasteiger partial charge in [-0.1, -0.05) is 19.6 Å². The van der Waals surface area contributed by atoms with E-state index in [0.717, 1.165) is 22.7 Å². The molecular weight excluding hydrogens is 328 g/mol. The van der Waals surface area contributed by atoms with Crippen LogP contribution in [0.25, 0.3) is 0 Å². The summed E-state index contributed by atoms with van der Waals surface area (Å²) in [6, 6.07) is 12.7. The van der Waals surface area contributed by atoms with Crippen molar-refractivity contribution in [2.75, 3.05) is 32.8 Å². The summed E-state index contributed by atoms with van der Waals surface area (Å²) >= 11 is 0. The van der Waals surface area contributed by atoms with Crippen molar-refractivity contribution in [3.05, 3.63) is 42.0 Å². The van der Waals surface area contributed by atoms with Crippen LogP contribution >= 0.6 is 0 Å². The van der Waals surface area contributed by atoms with E-state index in [-0.39, 0.29) is 0 Å². The van der Waals surface area contributed by atoms with Gasteiger partial charge in [0.2, 0.25) is 5.69 Å². The summed E-state index contributed by atoms with van der Waals surface area (Å²) in [6.45, 7) is 7.52. The van der Waals surface area contributed by atoms with E-state index in [1.54, 1.807) is 7.11 Å². The molecule has 0 amide bonds. The van der Waals surface area contributed by atoms with Crippen LogP contribution in [0.5, 0.6) is 11.5 Å². The summed E-state index contributed by atoms with van der Waals surface area (Å²) in [4.78, 5) is 2.10. The van der Waals surface area contributed by atoms with E-state index in [1.165, 1.54) is 10.9 Å². The van der Waals surface area contributed by atoms with Gasteiger partial charge in [-0.05, 0) is 29.5 Å². The first-order valence-corrected chi connectivity index (χ1v) is 12.0. The highest BCUT2D eigenvalue weighted by Crippen LogP contribution is 2.28. The maximum atomic E-state index is 6.19. The molecule has 0 spiro atoms. The lowest BCUT2D eigenvalue weighted by Gasteiger charge is -2.24. The number of hydrogen-bond donors (Lipinski definition) is 0. The van der Waals surface area contributed by atoms with Crippen LogP contribution in [0.3, 0.4) is 0 Å². The predicted molar refractivity (Wildman–Crippen MR) is 107 cm³/mol. The molecule has 0 N–H and O–H groups in total. The van der Waals surface area contributed by atoms with E-state index in [9.17, 15) is 0 Å². The first-order chi connectivity index (χ1) is 11.8. The second kappa shape index (κ2) is 6.56. The fourth-order valence-corrected chi connectivity index (χ4v) is 4.46. The summed E-state index contributed by atoms with van der Waals surface area (Å²) in [6.07, 6.45) is 2.16. The third-order valence-electron chi connectivity index (χ3n) is 4.48. The van der Waals surface area contributed by atoms with E-state index in [4.69, 9.17) is 9.47 Å². The van der Waals surface area contributed by atoms with E-state index in [0.29, 0.717) is 6.73 Å². The maximum absolute atomic E-state index is 6.19. The summed E-state index contributed by atoms with van der Waals surface area (Å²) in [5.41, 5.74) is 3.39. The Morgan fingerprint density at radius 1 is 1.08 bits per heavy atom. The van der Waals surface area contributed by atoms with Gasteiger partial charge in [0.25, 0.3) is 6.73 Å². The average Bonchev–Trinajstić information content (AvgIpc) is 2.59. The number of anilines is 1. The Balaban J connectivity index is 2.04. The van der Waals surface area contributed by atoms with Crippen LogP contribution in [-0.4, -0.2) is 46.8 Å². The van der Waals surface area contributed by atoms with Gasteiger partial charge in [-0.15, -0.1) is 0 Å². The largest absolute Gasteiger partial charge is 0.497 e. The van der Waals surface area contributed by atoms with Crippen LogP contribution in [0, 0.1) is 0 Å². The van der Waals surface area contributed by atoms with Gasteiger partial charge in [-0.3, -0.25) is 0 Å². The van der Waals surface area contributed by atoms with E-state index >= 15 is 0 Å². The number of methoxy groups -OCH3 is 1. The zero-order chi connectivity index (χ0) is 18.2. The number of ether oxygens (including phenoxy) is 2. The van der Waals surface area contributed by atoms with Crippen molar-refractivity contribution in [3.63, 3.8) is 0 Å². The quantitative estimate of drug-likeness (QED) is 0.620. The van der Waals surface area contributed by atoms with Crippen LogP contribution in [-0.2, 0) is 0 Å². The van der Waals surface area contributed by atoms with Gasteiger partial charge >= 0.3 is 0 Å². The molecule has 0 aliphatic carbocycles. The average molecular weight is 356 g/mol. The lowest BCUT2D eigenvalue weighted by molar-refractivity contribution is -0.476. The highest BCUT2D eigenvalue weighted by atomic mass is 28.3. The van der Waals surface area contributed by atoms with Gasteiger partial charge in [0.15, 0.2) is 6.21 Å². The summed E-state index contributed by atoms with van der Waals surface area (Å²) in [7, 11) is 4.28. The molecule has 2 aromatic rings. The second-order valence-corrected chi connectivity index (χ2v) is 12.7. The minimum absolute atomic E-state index is 0.526. The van der Waals surface area contributed by atoms with Gasteiger partial charge in [0.05, 0.1) is 20.7 Å². The van der Waals surface area contributed by atoms with Crippen LogP contribution in [0.15, 0.2) is 36.4 Å². The smallest absolute Gasteiger partial charge is 0.292 e. The van der Waals surface area contributed by atoms with E-state index in [1.807, 2.05) is 14.1 Å². The van der Waals surface area contributed by atoms with Crippen molar-refractivity contribution in [1.82, 2.24) is 0 Å². The number of hydrogen-bond acceptors (Lipinski definition) is 3. The lowest BCUT2D eigenvalue weighted by atomic mass is 10.1. The van der Waals surface area contributed by atoms with Crippen LogP contribution in [0.2, 0.25) is 19.6 Å². The monoisotopic (exact) mass is 355 g/mol. The molecule has 3 rings (SSSR count). The Morgan fingerprint density at radius 3 is 2.32 bits per heavy atom. The Labute approximate surface area is 151 Å². The molecule has 0 atom stereocenters. The fraction of sp³-hybridized carbons (Fsp3) is 0.350. The molecule has 4 nitrogen and oxygen atoms in total. The Hall–Kier alpha value is -2.27. The fourth-order valence-electron chi connectivity index (χ4n) is 2.99. The van der Waals surface area contributed by atoms with Crippen LogP contribution < -0.4 is 19.6 Å². The topological polar surface area (TPSA) is 24.7 Å². The molecule has 0 saturated carbocycles. The van der Waals surface area contributed by atoms with Crippen LogP contribution in [0.4, 0.5) is 11.4 Å². The Bertz CT molecular complexity index is 806. The van der Waals surface area contributed by atoms with Crippen LogP contribution in [0.1, 0.15) is 5.56 Å². The van der Waals surface area contributed by atoms with E-state index < -0.39 is 8.07 Å². The molecule has 1 heterocycles. The van der Waals surface area contributed by atoms with Crippen molar-refractivity contribution in [3.8, 4) is 11.5 Å². The molecule has 0 radical (unpaired) electrons. The second-order valence-electron chi connectivity index (χ2n) is 7.63. The summed E-state index contributed by atoms with van der Waals surface area (Å²) < 4.78 is 13.8. The molecule has 0 fully saturated rings. The first kappa shape index (κ1) is 17.5. The zero-order valence-corrected chi connectivity index (χ0v) is 17.0. The SMILES string of the molecule is COc1cc2c(c([Si](C)(C)C)c1)OC[N+](c1ccc(N(C)C)cc1)=C2. The zero-order valence-electron chi connectivity index (χ0n) is 16.0. The Kier molecular flexibility index (Phi) is 4.60.